The number of anilines is 1. The lowest BCUT2D eigenvalue weighted by molar-refractivity contribution is 0.00597. The highest BCUT2D eigenvalue weighted by Crippen LogP contribution is 2.26. The van der Waals surface area contributed by atoms with Gasteiger partial charge in [0.1, 0.15) is 0 Å². The zero-order valence-corrected chi connectivity index (χ0v) is 13.5. The standard InChI is InChI=1S/C16H24BrNO/c1-3-5-15-11-14(8-9-19-15)18-16-7-6-13(17)10-12(16)4-2/h6-7,10,14-15,18H,3-5,8-9,11H2,1-2H3. The molecule has 0 aliphatic carbocycles. The summed E-state index contributed by atoms with van der Waals surface area (Å²) in [6.45, 7) is 5.32. The number of benzene rings is 1. The Balaban J connectivity index is 2.00. The van der Waals surface area contributed by atoms with Crippen LogP contribution in [0.15, 0.2) is 22.7 Å². The zero-order chi connectivity index (χ0) is 13.7. The van der Waals surface area contributed by atoms with E-state index in [4.69, 9.17) is 4.74 Å². The van der Waals surface area contributed by atoms with Gasteiger partial charge in [0.05, 0.1) is 6.10 Å². The molecule has 1 heterocycles. The fourth-order valence-electron chi connectivity index (χ4n) is 2.75. The molecule has 19 heavy (non-hydrogen) atoms. The summed E-state index contributed by atoms with van der Waals surface area (Å²) in [6, 6.07) is 7.07. The summed E-state index contributed by atoms with van der Waals surface area (Å²) in [4.78, 5) is 0. The molecule has 1 saturated heterocycles. The number of halogens is 1. The Hall–Kier alpha value is -0.540. The molecule has 106 valence electrons. The second-order valence-corrected chi connectivity index (χ2v) is 6.22. The molecule has 1 aromatic rings. The highest BCUT2D eigenvalue weighted by molar-refractivity contribution is 9.10. The Morgan fingerprint density at radius 1 is 1.37 bits per heavy atom. The van der Waals surface area contributed by atoms with E-state index in [1.54, 1.807) is 0 Å². The highest BCUT2D eigenvalue weighted by Gasteiger charge is 2.22. The van der Waals surface area contributed by atoms with Crippen LogP contribution in [0.4, 0.5) is 5.69 Å². The van der Waals surface area contributed by atoms with Gasteiger partial charge >= 0.3 is 0 Å². The van der Waals surface area contributed by atoms with Crippen LogP contribution >= 0.6 is 15.9 Å². The highest BCUT2D eigenvalue weighted by atomic mass is 79.9. The van der Waals surface area contributed by atoms with Crippen molar-refractivity contribution in [2.75, 3.05) is 11.9 Å². The third kappa shape index (κ3) is 4.22. The number of rotatable bonds is 5. The summed E-state index contributed by atoms with van der Waals surface area (Å²) < 4.78 is 6.97. The van der Waals surface area contributed by atoms with Crippen LogP contribution < -0.4 is 5.32 Å². The first kappa shape index (κ1) is 14.9. The minimum Gasteiger partial charge on any atom is -0.382 e. The minimum absolute atomic E-state index is 0.441. The average molecular weight is 326 g/mol. The molecule has 1 fully saturated rings. The van der Waals surface area contributed by atoms with Gasteiger partial charge in [0, 0.05) is 22.8 Å². The summed E-state index contributed by atoms with van der Waals surface area (Å²) in [5, 5.41) is 3.72. The van der Waals surface area contributed by atoms with E-state index in [-0.39, 0.29) is 0 Å². The van der Waals surface area contributed by atoms with Gasteiger partial charge in [-0.15, -0.1) is 0 Å². The van der Waals surface area contributed by atoms with Crippen molar-refractivity contribution >= 4 is 21.6 Å². The van der Waals surface area contributed by atoms with Crippen molar-refractivity contribution in [3.8, 4) is 0 Å². The summed E-state index contributed by atoms with van der Waals surface area (Å²) in [5.74, 6) is 0. The maximum absolute atomic E-state index is 5.81. The lowest BCUT2D eigenvalue weighted by Crippen LogP contribution is -2.34. The molecule has 0 spiro atoms. The number of hydrogen-bond donors (Lipinski definition) is 1. The van der Waals surface area contributed by atoms with E-state index in [0.29, 0.717) is 12.1 Å². The van der Waals surface area contributed by atoms with Crippen molar-refractivity contribution in [1.82, 2.24) is 0 Å². The lowest BCUT2D eigenvalue weighted by Gasteiger charge is -2.31. The average Bonchev–Trinajstić information content (AvgIpc) is 2.41. The van der Waals surface area contributed by atoms with E-state index >= 15 is 0 Å². The Morgan fingerprint density at radius 3 is 2.95 bits per heavy atom. The molecule has 1 aliphatic heterocycles. The van der Waals surface area contributed by atoms with Gasteiger partial charge in [-0.1, -0.05) is 36.2 Å². The molecule has 2 rings (SSSR count). The number of hydrogen-bond acceptors (Lipinski definition) is 2. The van der Waals surface area contributed by atoms with Crippen LogP contribution in [0.5, 0.6) is 0 Å². The van der Waals surface area contributed by atoms with E-state index in [0.717, 1.165) is 30.3 Å². The van der Waals surface area contributed by atoms with E-state index in [1.165, 1.54) is 24.1 Å². The van der Waals surface area contributed by atoms with Crippen molar-refractivity contribution in [1.29, 1.82) is 0 Å². The third-order valence-corrected chi connectivity index (χ3v) is 4.28. The van der Waals surface area contributed by atoms with Crippen molar-refractivity contribution in [3.05, 3.63) is 28.2 Å². The van der Waals surface area contributed by atoms with Crippen LogP contribution in [0.2, 0.25) is 0 Å². The smallest absolute Gasteiger partial charge is 0.0594 e. The van der Waals surface area contributed by atoms with Gasteiger partial charge in [-0.2, -0.15) is 0 Å². The van der Waals surface area contributed by atoms with Gasteiger partial charge in [-0.3, -0.25) is 0 Å². The van der Waals surface area contributed by atoms with Gasteiger partial charge in [0.15, 0.2) is 0 Å². The first-order valence-corrected chi connectivity index (χ1v) is 8.18. The summed E-state index contributed by atoms with van der Waals surface area (Å²) in [5.41, 5.74) is 2.67. The maximum atomic E-state index is 5.81. The molecule has 3 heteroatoms. The summed E-state index contributed by atoms with van der Waals surface area (Å²) in [7, 11) is 0. The van der Waals surface area contributed by atoms with Crippen LogP contribution in [0.3, 0.4) is 0 Å². The quantitative estimate of drug-likeness (QED) is 0.841. The summed E-state index contributed by atoms with van der Waals surface area (Å²) >= 11 is 3.54. The van der Waals surface area contributed by atoms with Crippen LogP contribution in [-0.4, -0.2) is 18.8 Å². The predicted molar refractivity (Wildman–Crippen MR) is 84.8 cm³/mol. The Morgan fingerprint density at radius 2 is 2.21 bits per heavy atom. The SMILES string of the molecule is CCCC1CC(Nc2ccc(Br)cc2CC)CCO1. The monoisotopic (exact) mass is 325 g/mol. The molecule has 1 aromatic carbocycles. The molecule has 2 atom stereocenters. The number of nitrogens with one attached hydrogen (secondary N) is 1. The zero-order valence-electron chi connectivity index (χ0n) is 11.9. The fraction of sp³-hybridized carbons (Fsp3) is 0.625. The van der Waals surface area contributed by atoms with Crippen molar-refractivity contribution in [3.63, 3.8) is 0 Å². The Bertz CT molecular complexity index is 406. The van der Waals surface area contributed by atoms with E-state index in [9.17, 15) is 0 Å². The fourth-order valence-corrected chi connectivity index (χ4v) is 3.16. The molecular weight excluding hydrogens is 302 g/mol. The molecule has 1 aliphatic rings. The molecule has 1 N–H and O–H groups in total. The van der Waals surface area contributed by atoms with Gasteiger partial charge in [-0.25, -0.2) is 0 Å². The molecule has 0 aromatic heterocycles. The number of ether oxygens (including phenoxy) is 1. The molecule has 2 nitrogen and oxygen atoms in total. The largest absolute Gasteiger partial charge is 0.382 e. The summed E-state index contributed by atoms with van der Waals surface area (Å²) in [6.07, 6.45) is 6.13. The Kier molecular flexibility index (Phi) is 5.71. The molecule has 0 amide bonds. The van der Waals surface area contributed by atoms with Crippen LogP contribution in [0.1, 0.15) is 45.1 Å². The van der Waals surface area contributed by atoms with E-state index in [1.807, 2.05) is 0 Å². The third-order valence-electron chi connectivity index (χ3n) is 3.79. The number of aryl methyl sites for hydroxylation is 1. The molecule has 2 unspecified atom stereocenters. The predicted octanol–water partition coefficient (Wildman–Crippen LogP) is 4.77. The van der Waals surface area contributed by atoms with E-state index < -0.39 is 0 Å². The lowest BCUT2D eigenvalue weighted by atomic mass is 9.99. The molecule has 0 bridgehead atoms. The maximum Gasteiger partial charge on any atom is 0.0594 e. The molecule has 0 radical (unpaired) electrons. The van der Waals surface area contributed by atoms with Crippen LogP contribution in [0, 0.1) is 0 Å². The topological polar surface area (TPSA) is 21.3 Å². The van der Waals surface area contributed by atoms with E-state index in [2.05, 4.69) is 53.3 Å². The first-order valence-electron chi connectivity index (χ1n) is 7.39. The Labute approximate surface area is 125 Å². The second kappa shape index (κ2) is 7.30. The normalized spacial score (nSPS) is 23.3. The van der Waals surface area contributed by atoms with Gasteiger partial charge in [-0.05, 0) is 49.4 Å². The van der Waals surface area contributed by atoms with Crippen molar-refractivity contribution in [2.45, 2.75) is 58.1 Å². The van der Waals surface area contributed by atoms with Gasteiger partial charge < -0.3 is 10.1 Å². The van der Waals surface area contributed by atoms with Crippen molar-refractivity contribution < 1.29 is 4.74 Å². The van der Waals surface area contributed by atoms with Crippen LogP contribution in [0.25, 0.3) is 0 Å². The van der Waals surface area contributed by atoms with Gasteiger partial charge in [0.2, 0.25) is 0 Å². The second-order valence-electron chi connectivity index (χ2n) is 5.30. The minimum atomic E-state index is 0.441. The van der Waals surface area contributed by atoms with Crippen molar-refractivity contribution in [2.24, 2.45) is 0 Å². The molecule has 0 saturated carbocycles. The first-order chi connectivity index (χ1) is 9.22. The van der Waals surface area contributed by atoms with Crippen LogP contribution in [-0.2, 0) is 11.2 Å². The van der Waals surface area contributed by atoms with Gasteiger partial charge in [0.25, 0.3) is 0 Å². The molecular formula is C16H24BrNO.